The summed E-state index contributed by atoms with van der Waals surface area (Å²) in [5.41, 5.74) is -0.886. The van der Waals surface area contributed by atoms with Crippen molar-refractivity contribution >= 4 is 5.97 Å². The van der Waals surface area contributed by atoms with Crippen LogP contribution in [0.3, 0.4) is 0 Å². The van der Waals surface area contributed by atoms with Gasteiger partial charge >= 0.3 is 5.97 Å². The highest BCUT2D eigenvalue weighted by molar-refractivity contribution is 5.78. The molecule has 0 aromatic rings. The van der Waals surface area contributed by atoms with E-state index >= 15 is 0 Å². The van der Waals surface area contributed by atoms with Crippen LogP contribution >= 0.6 is 0 Å². The second kappa shape index (κ2) is 5.98. The lowest BCUT2D eigenvalue weighted by Crippen LogP contribution is -2.51. The highest BCUT2D eigenvalue weighted by Gasteiger charge is 2.33. The van der Waals surface area contributed by atoms with Gasteiger partial charge in [-0.2, -0.15) is 0 Å². The number of carboxylic acid groups (broad SMARTS) is 1. The summed E-state index contributed by atoms with van der Waals surface area (Å²) in [5.74, 6) is -0.828. The van der Waals surface area contributed by atoms with Crippen molar-refractivity contribution in [1.82, 2.24) is 5.32 Å². The van der Waals surface area contributed by atoms with E-state index < -0.39 is 11.5 Å². The molecule has 0 radical (unpaired) electrons. The molecule has 0 fully saturated rings. The minimum absolute atomic E-state index is 0.0415. The summed E-state index contributed by atoms with van der Waals surface area (Å²) in [4.78, 5) is 11.0. The van der Waals surface area contributed by atoms with Gasteiger partial charge in [-0.1, -0.05) is 6.92 Å². The summed E-state index contributed by atoms with van der Waals surface area (Å²) >= 11 is 0. The first-order valence-corrected chi connectivity index (χ1v) is 5.06. The molecular formula is C10H21NO3. The molecule has 0 aromatic heterocycles. The molecule has 2 atom stereocenters. The number of carboxylic acids is 1. The van der Waals surface area contributed by atoms with Crippen molar-refractivity contribution in [3.8, 4) is 0 Å². The van der Waals surface area contributed by atoms with Crippen LogP contribution in [0, 0.1) is 0 Å². The van der Waals surface area contributed by atoms with Gasteiger partial charge in [-0.25, -0.2) is 0 Å². The van der Waals surface area contributed by atoms with Gasteiger partial charge in [-0.3, -0.25) is 4.79 Å². The zero-order valence-corrected chi connectivity index (χ0v) is 9.46. The third kappa shape index (κ3) is 4.07. The normalized spacial score (nSPS) is 17.4. The molecular weight excluding hydrogens is 182 g/mol. The number of hydrogen-bond donors (Lipinski definition) is 2. The molecule has 0 spiro atoms. The Balaban J connectivity index is 4.28. The Labute approximate surface area is 85.6 Å². The summed E-state index contributed by atoms with van der Waals surface area (Å²) in [7, 11) is 0. The van der Waals surface area contributed by atoms with Crippen molar-refractivity contribution in [2.45, 2.75) is 45.8 Å². The second-order valence-electron chi connectivity index (χ2n) is 3.64. The number of nitrogens with one attached hydrogen (secondary N) is 1. The summed E-state index contributed by atoms with van der Waals surface area (Å²) < 4.78 is 5.33. The lowest BCUT2D eigenvalue weighted by atomic mass is 9.95. The number of ether oxygens (including phenoxy) is 1. The fraction of sp³-hybridized carbons (Fsp3) is 0.900. The van der Waals surface area contributed by atoms with Gasteiger partial charge in [0.1, 0.15) is 5.54 Å². The number of likely N-dealkylation sites (N-methyl/N-ethyl adjacent to an activating group) is 1. The average Bonchev–Trinajstić information content (AvgIpc) is 2.04. The molecule has 0 rings (SSSR count). The van der Waals surface area contributed by atoms with Gasteiger partial charge < -0.3 is 15.2 Å². The fourth-order valence-corrected chi connectivity index (χ4v) is 1.54. The van der Waals surface area contributed by atoms with Crippen LogP contribution in [0.5, 0.6) is 0 Å². The molecule has 0 aliphatic carbocycles. The Kier molecular flexibility index (Phi) is 5.72. The first-order chi connectivity index (χ1) is 6.46. The molecule has 0 bridgehead atoms. The maximum Gasteiger partial charge on any atom is 0.323 e. The Morgan fingerprint density at radius 1 is 1.57 bits per heavy atom. The van der Waals surface area contributed by atoms with Crippen molar-refractivity contribution in [3.63, 3.8) is 0 Å². The molecule has 0 saturated heterocycles. The minimum Gasteiger partial charge on any atom is -0.480 e. The lowest BCUT2D eigenvalue weighted by molar-refractivity contribution is -0.145. The Morgan fingerprint density at radius 3 is 2.50 bits per heavy atom. The van der Waals surface area contributed by atoms with E-state index in [4.69, 9.17) is 9.84 Å². The third-order valence-corrected chi connectivity index (χ3v) is 2.19. The Bertz CT molecular complexity index is 184. The molecule has 0 aliphatic heterocycles. The van der Waals surface area contributed by atoms with Crippen molar-refractivity contribution < 1.29 is 14.6 Å². The molecule has 14 heavy (non-hydrogen) atoms. The van der Waals surface area contributed by atoms with Crippen LogP contribution in [0.1, 0.15) is 34.1 Å². The first kappa shape index (κ1) is 13.4. The quantitative estimate of drug-likeness (QED) is 0.654. The van der Waals surface area contributed by atoms with Crippen LogP contribution in [0.4, 0.5) is 0 Å². The predicted molar refractivity (Wildman–Crippen MR) is 55.4 cm³/mol. The molecule has 2 N–H and O–H groups in total. The molecule has 0 saturated carbocycles. The van der Waals surface area contributed by atoms with Gasteiger partial charge in [-0.05, 0) is 27.3 Å². The third-order valence-electron chi connectivity index (χ3n) is 2.19. The van der Waals surface area contributed by atoms with E-state index in [1.54, 1.807) is 6.92 Å². The summed E-state index contributed by atoms with van der Waals surface area (Å²) in [6.07, 6.45) is 0.435. The van der Waals surface area contributed by atoms with Crippen LogP contribution in [0.25, 0.3) is 0 Å². The van der Waals surface area contributed by atoms with Crippen molar-refractivity contribution in [1.29, 1.82) is 0 Å². The van der Waals surface area contributed by atoms with Crippen LogP contribution in [-0.2, 0) is 9.53 Å². The van der Waals surface area contributed by atoms with Crippen LogP contribution in [-0.4, -0.2) is 35.9 Å². The SMILES string of the molecule is CCNC(C)(CC(C)OCC)C(=O)O. The van der Waals surface area contributed by atoms with Gasteiger partial charge in [-0.15, -0.1) is 0 Å². The molecule has 0 amide bonds. The zero-order chi connectivity index (χ0) is 11.2. The number of hydrogen-bond acceptors (Lipinski definition) is 3. The topological polar surface area (TPSA) is 58.6 Å². The van der Waals surface area contributed by atoms with E-state index in [9.17, 15) is 4.79 Å². The van der Waals surface area contributed by atoms with Gasteiger partial charge in [0.05, 0.1) is 6.10 Å². The van der Waals surface area contributed by atoms with E-state index in [1.807, 2.05) is 20.8 Å². The molecule has 84 valence electrons. The minimum atomic E-state index is -0.886. The lowest BCUT2D eigenvalue weighted by Gasteiger charge is -2.28. The second-order valence-corrected chi connectivity index (χ2v) is 3.64. The number of rotatable bonds is 7. The Morgan fingerprint density at radius 2 is 2.14 bits per heavy atom. The largest absolute Gasteiger partial charge is 0.480 e. The maximum atomic E-state index is 11.0. The van der Waals surface area contributed by atoms with Crippen molar-refractivity contribution in [3.05, 3.63) is 0 Å². The molecule has 0 heterocycles. The van der Waals surface area contributed by atoms with E-state index in [1.165, 1.54) is 0 Å². The van der Waals surface area contributed by atoms with Crippen LogP contribution in [0.15, 0.2) is 0 Å². The van der Waals surface area contributed by atoms with E-state index in [-0.39, 0.29) is 6.10 Å². The van der Waals surface area contributed by atoms with Crippen LogP contribution < -0.4 is 5.32 Å². The summed E-state index contributed by atoms with van der Waals surface area (Å²) in [5, 5.41) is 12.0. The molecule has 2 unspecified atom stereocenters. The van der Waals surface area contributed by atoms with Gasteiger partial charge in [0.15, 0.2) is 0 Å². The van der Waals surface area contributed by atoms with Gasteiger partial charge in [0.25, 0.3) is 0 Å². The number of carbonyl (C=O) groups is 1. The van der Waals surface area contributed by atoms with Gasteiger partial charge in [0.2, 0.25) is 0 Å². The molecule has 0 aliphatic rings. The maximum absolute atomic E-state index is 11.0. The first-order valence-electron chi connectivity index (χ1n) is 5.06. The summed E-state index contributed by atoms with van der Waals surface area (Å²) in [6, 6.07) is 0. The molecule has 0 aromatic carbocycles. The Hall–Kier alpha value is -0.610. The van der Waals surface area contributed by atoms with E-state index in [0.717, 1.165) is 0 Å². The van der Waals surface area contributed by atoms with Crippen molar-refractivity contribution in [2.75, 3.05) is 13.2 Å². The standard InChI is InChI=1S/C10H21NO3/c1-5-11-10(4,9(12)13)7-8(3)14-6-2/h8,11H,5-7H2,1-4H3,(H,12,13). The highest BCUT2D eigenvalue weighted by Crippen LogP contribution is 2.14. The van der Waals surface area contributed by atoms with Crippen molar-refractivity contribution in [2.24, 2.45) is 0 Å². The smallest absolute Gasteiger partial charge is 0.323 e. The van der Waals surface area contributed by atoms with E-state index in [0.29, 0.717) is 19.6 Å². The monoisotopic (exact) mass is 203 g/mol. The molecule has 4 nitrogen and oxygen atoms in total. The summed E-state index contributed by atoms with van der Waals surface area (Å²) in [6.45, 7) is 8.63. The fourth-order valence-electron chi connectivity index (χ4n) is 1.54. The zero-order valence-electron chi connectivity index (χ0n) is 9.46. The number of aliphatic carboxylic acids is 1. The van der Waals surface area contributed by atoms with E-state index in [2.05, 4.69) is 5.32 Å². The van der Waals surface area contributed by atoms with Gasteiger partial charge in [0, 0.05) is 13.0 Å². The predicted octanol–water partition coefficient (Wildman–Crippen LogP) is 1.25. The molecule has 4 heteroatoms. The average molecular weight is 203 g/mol. The highest BCUT2D eigenvalue weighted by atomic mass is 16.5. The van der Waals surface area contributed by atoms with Crippen LogP contribution in [0.2, 0.25) is 0 Å².